The zero-order chi connectivity index (χ0) is 18.5. The van der Waals surface area contributed by atoms with Crippen molar-refractivity contribution in [3.8, 4) is 0 Å². The number of esters is 1. The summed E-state index contributed by atoms with van der Waals surface area (Å²) in [6.07, 6.45) is 1.56. The molecule has 0 radical (unpaired) electrons. The Morgan fingerprint density at radius 2 is 2.12 bits per heavy atom. The number of carbonyl (C=O) groups is 2. The van der Waals surface area contributed by atoms with Crippen molar-refractivity contribution in [3.05, 3.63) is 58.6 Å². The minimum atomic E-state index is -0.487. The van der Waals surface area contributed by atoms with Crippen LogP contribution in [0.1, 0.15) is 22.7 Å². The number of nitrogens with one attached hydrogen (secondary N) is 1. The van der Waals surface area contributed by atoms with Gasteiger partial charge in [-0.2, -0.15) is 4.98 Å². The molecule has 1 N–H and O–H groups in total. The molecule has 1 aromatic carbocycles. The summed E-state index contributed by atoms with van der Waals surface area (Å²) < 4.78 is 12.3. The maximum absolute atomic E-state index is 12.1. The first-order valence-electron chi connectivity index (χ1n) is 7.89. The molecule has 2 atom stereocenters. The van der Waals surface area contributed by atoms with Gasteiger partial charge in [-0.3, -0.25) is 9.36 Å². The van der Waals surface area contributed by atoms with E-state index in [1.54, 1.807) is 36.5 Å². The highest BCUT2D eigenvalue weighted by molar-refractivity contribution is 8.00. The summed E-state index contributed by atoms with van der Waals surface area (Å²) in [5.41, 5.74) is -0.380. The number of aromatic nitrogens is 2. The summed E-state index contributed by atoms with van der Waals surface area (Å²) in [5, 5.41) is 2.19. The molecule has 2 aromatic rings. The molecule has 1 saturated heterocycles. The van der Waals surface area contributed by atoms with Gasteiger partial charge in [0.2, 0.25) is 5.91 Å². The number of amides is 1. The van der Waals surface area contributed by atoms with Crippen LogP contribution in [-0.2, 0) is 14.3 Å². The molecule has 8 nitrogen and oxygen atoms in total. The van der Waals surface area contributed by atoms with Crippen molar-refractivity contribution in [2.45, 2.75) is 17.7 Å². The van der Waals surface area contributed by atoms with Gasteiger partial charge < -0.3 is 14.8 Å². The van der Waals surface area contributed by atoms with E-state index < -0.39 is 11.7 Å². The molecular formula is C17H17N3O5S. The number of nitrogens with zero attached hydrogens (tertiary/aromatic N) is 2. The third kappa shape index (κ3) is 4.50. The van der Waals surface area contributed by atoms with Crippen LogP contribution < -0.4 is 11.0 Å². The molecule has 26 heavy (non-hydrogen) atoms. The van der Waals surface area contributed by atoms with Crippen LogP contribution in [0.5, 0.6) is 0 Å². The van der Waals surface area contributed by atoms with Gasteiger partial charge in [-0.15, -0.1) is 0 Å². The molecule has 1 aliphatic heterocycles. The maximum Gasteiger partial charge on any atom is 0.350 e. The second-order valence-corrected chi connectivity index (χ2v) is 6.84. The molecule has 1 unspecified atom stereocenters. The number of ether oxygens (including phenoxy) is 2. The lowest BCUT2D eigenvalue weighted by Crippen LogP contribution is -2.27. The van der Waals surface area contributed by atoms with Gasteiger partial charge in [-0.05, 0) is 18.2 Å². The van der Waals surface area contributed by atoms with Gasteiger partial charge >= 0.3 is 11.7 Å². The van der Waals surface area contributed by atoms with E-state index in [0.29, 0.717) is 12.2 Å². The lowest BCUT2D eigenvalue weighted by Gasteiger charge is -2.12. The Hall–Kier alpha value is -2.65. The van der Waals surface area contributed by atoms with E-state index in [9.17, 15) is 14.4 Å². The van der Waals surface area contributed by atoms with Gasteiger partial charge in [0.25, 0.3) is 0 Å². The van der Waals surface area contributed by atoms with Crippen molar-refractivity contribution < 1.29 is 19.1 Å². The second kappa shape index (κ2) is 8.15. The third-order valence-corrected chi connectivity index (χ3v) is 4.79. The fourth-order valence-electron chi connectivity index (χ4n) is 2.36. The molecule has 9 heteroatoms. The van der Waals surface area contributed by atoms with Gasteiger partial charge in [0, 0.05) is 13.1 Å². The second-order valence-electron chi connectivity index (χ2n) is 5.50. The van der Waals surface area contributed by atoms with Crippen LogP contribution in [0.3, 0.4) is 0 Å². The SMILES string of the molecule is CC(=O)Nc1ccn(C2CO[C@@H](COC(=O)c3ccccc3)S2)c(=O)n1. The predicted molar refractivity (Wildman–Crippen MR) is 95.9 cm³/mol. The van der Waals surface area contributed by atoms with Crippen LogP contribution in [0, 0.1) is 0 Å². The van der Waals surface area contributed by atoms with E-state index in [1.165, 1.54) is 23.3 Å². The molecule has 1 aromatic heterocycles. The lowest BCUT2D eigenvalue weighted by atomic mass is 10.2. The van der Waals surface area contributed by atoms with E-state index in [1.807, 2.05) is 6.07 Å². The highest BCUT2D eigenvalue weighted by Gasteiger charge is 2.29. The fraction of sp³-hybridized carbons (Fsp3) is 0.294. The van der Waals surface area contributed by atoms with Crippen molar-refractivity contribution >= 4 is 29.5 Å². The summed E-state index contributed by atoms with van der Waals surface area (Å²) >= 11 is 1.37. The predicted octanol–water partition coefficient (Wildman–Crippen LogP) is 1.65. The van der Waals surface area contributed by atoms with Gasteiger partial charge in [0.15, 0.2) is 0 Å². The van der Waals surface area contributed by atoms with E-state index in [0.717, 1.165) is 0 Å². The van der Waals surface area contributed by atoms with Gasteiger partial charge in [-0.1, -0.05) is 30.0 Å². The molecule has 1 fully saturated rings. The standard InChI is InChI=1S/C17H17N3O5S/c1-11(21)18-13-7-8-20(17(23)19-13)14-9-24-15(26-14)10-25-16(22)12-5-3-2-4-6-12/h2-8,14-15H,9-10H2,1H3,(H,18,19,21,23)/t14?,15-/m1/s1. The first-order chi connectivity index (χ1) is 12.5. The zero-order valence-electron chi connectivity index (χ0n) is 14.0. The number of hydrogen-bond acceptors (Lipinski definition) is 7. The van der Waals surface area contributed by atoms with Gasteiger partial charge in [0.05, 0.1) is 12.2 Å². The monoisotopic (exact) mass is 375 g/mol. The molecule has 0 bridgehead atoms. The van der Waals surface area contributed by atoms with Crippen LogP contribution >= 0.6 is 11.8 Å². The first-order valence-corrected chi connectivity index (χ1v) is 8.83. The van der Waals surface area contributed by atoms with Crippen LogP contribution in [0.2, 0.25) is 0 Å². The van der Waals surface area contributed by atoms with E-state index in [4.69, 9.17) is 9.47 Å². The molecule has 3 rings (SSSR count). The van der Waals surface area contributed by atoms with Gasteiger partial charge in [0.1, 0.15) is 23.2 Å². The number of thioether (sulfide) groups is 1. The Balaban J connectivity index is 1.56. The quantitative estimate of drug-likeness (QED) is 0.793. The zero-order valence-corrected chi connectivity index (χ0v) is 14.8. The highest BCUT2D eigenvalue weighted by Crippen LogP contribution is 2.34. The molecule has 1 aliphatic rings. The largest absolute Gasteiger partial charge is 0.458 e. The Morgan fingerprint density at radius 1 is 1.35 bits per heavy atom. The summed E-state index contributed by atoms with van der Waals surface area (Å²) in [6, 6.07) is 10.2. The minimum absolute atomic E-state index is 0.0844. The highest BCUT2D eigenvalue weighted by atomic mass is 32.2. The Kier molecular flexibility index (Phi) is 5.69. The number of benzene rings is 1. The average Bonchev–Trinajstić information content (AvgIpc) is 3.08. The molecule has 0 aliphatic carbocycles. The van der Waals surface area contributed by atoms with Crippen molar-refractivity contribution in [2.75, 3.05) is 18.5 Å². The van der Waals surface area contributed by atoms with Crippen LogP contribution in [0.15, 0.2) is 47.4 Å². The molecule has 0 spiro atoms. The number of rotatable bonds is 5. The topological polar surface area (TPSA) is 99.5 Å². The molecule has 1 amide bonds. The molecular weight excluding hydrogens is 358 g/mol. The van der Waals surface area contributed by atoms with E-state index in [-0.39, 0.29) is 29.1 Å². The molecule has 136 valence electrons. The lowest BCUT2D eigenvalue weighted by molar-refractivity contribution is -0.114. The summed E-state index contributed by atoms with van der Waals surface area (Å²) in [4.78, 5) is 38.9. The summed E-state index contributed by atoms with van der Waals surface area (Å²) in [6.45, 7) is 1.72. The average molecular weight is 375 g/mol. The molecule has 2 heterocycles. The van der Waals surface area contributed by atoms with Crippen LogP contribution in [0.4, 0.5) is 5.82 Å². The number of anilines is 1. The Morgan fingerprint density at radius 3 is 2.81 bits per heavy atom. The summed E-state index contributed by atoms with van der Waals surface area (Å²) in [5.74, 6) is -0.513. The maximum atomic E-state index is 12.1. The van der Waals surface area contributed by atoms with Crippen LogP contribution in [-0.4, -0.2) is 40.1 Å². The smallest absolute Gasteiger partial charge is 0.350 e. The van der Waals surface area contributed by atoms with Crippen molar-refractivity contribution in [3.63, 3.8) is 0 Å². The Labute approximate surface area is 153 Å². The normalized spacial score (nSPS) is 19.1. The Bertz CT molecular complexity index is 855. The van der Waals surface area contributed by atoms with E-state index in [2.05, 4.69) is 10.3 Å². The van der Waals surface area contributed by atoms with Crippen molar-refractivity contribution in [1.82, 2.24) is 9.55 Å². The van der Waals surface area contributed by atoms with Crippen LogP contribution in [0.25, 0.3) is 0 Å². The van der Waals surface area contributed by atoms with Crippen molar-refractivity contribution in [1.29, 1.82) is 0 Å². The number of carbonyl (C=O) groups excluding carboxylic acids is 2. The van der Waals surface area contributed by atoms with Gasteiger partial charge in [-0.25, -0.2) is 9.59 Å². The van der Waals surface area contributed by atoms with E-state index >= 15 is 0 Å². The van der Waals surface area contributed by atoms with Crippen molar-refractivity contribution in [2.24, 2.45) is 0 Å². The first kappa shape index (κ1) is 18.2. The number of hydrogen-bond donors (Lipinski definition) is 1. The summed E-state index contributed by atoms with van der Waals surface area (Å²) in [7, 11) is 0. The molecule has 0 saturated carbocycles. The minimum Gasteiger partial charge on any atom is -0.458 e. The fourth-order valence-corrected chi connectivity index (χ4v) is 3.46. The third-order valence-electron chi connectivity index (χ3n) is 3.54.